The van der Waals surface area contributed by atoms with Crippen LogP contribution in [0.1, 0.15) is 29.6 Å². The summed E-state index contributed by atoms with van der Waals surface area (Å²) >= 11 is 0. The molecule has 5 N–H and O–H groups in total. The number of nitrogens with one attached hydrogen (secondary N) is 1. The molecule has 0 heterocycles. The van der Waals surface area contributed by atoms with Crippen LogP contribution < -0.4 is 11.1 Å². The number of rotatable bonds is 7. The Morgan fingerprint density at radius 1 is 1.26 bits per heavy atom. The van der Waals surface area contributed by atoms with Crippen molar-refractivity contribution in [1.82, 2.24) is 5.32 Å². The van der Waals surface area contributed by atoms with Gasteiger partial charge in [-0.25, -0.2) is 4.79 Å². The van der Waals surface area contributed by atoms with E-state index in [1.165, 1.54) is 12.1 Å². The predicted molar refractivity (Wildman–Crippen MR) is 69.9 cm³/mol. The molecule has 1 aromatic carbocycles. The molecule has 0 aliphatic rings. The summed E-state index contributed by atoms with van der Waals surface area (Å²) in [4.78, 5) is 22.9. The fourth-order valence-electron chi connectivity index (χ4n) is 1.65. The van der Waals surface area contributed by atoms with E-state index in [9.17, 15) is 14.7 Å². The minimum absolute atomic E-state index is 0.0626. The number of hydrogen-bond donors (Lipinski definition) is 4. The van der Waals surface area contributed by atoms with Gasteiger partial charge in [0.25, 0.3) is 5.91 Å². The van der Waals surface area contributed by atoms with Gasteiger partial charge >= 0.3 is 5.97 Å². The highest BCUT2D eigenvalue weighted by Crippen LogP contribution is 2.15. The number of unbranched alkanes of at least 4 members (excludes halogenated alkanes) is 1. The van der Waals surface area contributed by atoms with Crippen LogP contribution in [0, 0.1) is 0 Å². The molecule has 1 aromatic rings. The van der Waals surface area contributed by atoms with Gasteiger partial charge in [0.05, 0.1) is 5.56 Å². The number of carboxylic acid groups (broad SMARTS) is 1. The van der Waals surface area contributed by atoms with Crippen molar-refractivity contribution >= 4 is 11.9 Å². The molecular weight excluding hydrogens is 248 g/mol. The number of carbonyl (C=O) groups is 2. The number of aliphatic carboxylic acids is 1. The molecule has 6 heteroatoms. The first-order chi connectivity index (χ1) is 9.06. The lowest BCUT2D eigenvalue weighted by atomic mass is 10.1. The van der Waals surface area contributed by atoms with Gasteiger partial charge in [0.1, 0.15) is 11.8 Å². The normalized spacial score (nSPS) is 11.8. The molecule has 1 rings (SSSR count). The SMILES string of the molecule is NCCCC[C@@H](NC(=O)c1ccccc1O)C(=O)O. The summed E-state index contributed by atoms with van der Waals surface area (Å²) in [6.45, 7) is 0.486. The first-order valence-corrected chi connectivity index (χ1v) is 6.08. The maximum absolute atomic E-state index is 11.9. The van der Waals surface area contributed by atoms with Gasteiger partial charge < -0.3 is 21.3 Å². The molecule has 0 aliphatic heterocycles. The third-order valence-electron chi connectivity index (χ3n) is 2.70. The maximum Gasteiger partial charge on any atom is 0.326 e. The fourth-order valence-corrected chi connectivity index (χ4v) is 1.65. The van der Waals surface area contributed by atoms with E-state index in [4.69, 9.17) is 10.8 Å². The first-order valence-electron chi connectivity index (χ1n) is 6.08. The highest BCUT2D eigenvalue weighted by atomic mass is 16.4. The largest absolute Gasteiger partial charge is 0.507 e. The molecule has 0 saturated carbocycles. The van der Waals surface area contributed by atoms with Gasteiger partial charge in [0, 0.05) is 0 Å². The van der Waals surface area contributed by atoms with Crippen molar-refractivity contribution < 1.29 is 19.8 Å². The highest BCUT2D eigenvalue weighted by Gasteiger charge is 2.21. The molecule has 1 atom stereocenters. The number of amides is 1. The maximum atomic E-state index is 11.9. The van der Waals surface area contributed by atoms with Gasteiger partial charge in [-0.05, 0) is 37.9 Å². The Balaban J connectivity index is 2.66. The second-order valence-electron chi connectivity index (χ2n) is 4.17. The van der Waals surface area contributed by atoms with Crippen molar-refractivity contribution in [2.75, 3.05) is 6.54 Å². The molecule has 0 unspecified atom stereocenters. The number of carbonyl (C=O) groups excluding carboxylic acids is 1. The van der Waals surface area contributed by atoms with Gasteiger partial charge in [0.15, 0.2) is 0 Å². The number of nitrogens with two attached hydrogens (primary N) is 1. The number of aromatic hydroxyl groups is 1. The summed E-state index contributed by atoms with van der Waals surface area (Å²) < 4.78 is 0. The molecule has 19 heavy (non-hydrogen) atoms. The summed E-state index contributed by atoms with van der Waals surface area (Å²) in [6, 6.07) is 5.02. The zero-order valence-corrected chi connectivity index (χ0v) is 10.5. The molecule has 0 aromatic heterocycles. The van der Waals surface area contributed by atoms with Crippen LogP contribution in [0.5, 0.6) is 5.75 Å². The van der Waals surface area contributed by atoms with Crippen LogP contribution in [0.2, 0.25) is 0 Å². The first kappa shape index (κ1) is 15.0. The van der Waals surface area contributed by atoms with Gasteiger partial charge in [-0.15, -0.1) is 0 Å². The Kier molecular flexibility index (Phi) is 5.81. The van der Waals surface area contributed by atoms with E-state index in [0.29, 0.717) is 25.8 Å². The van der Waals surface area contributed by atoms with Crippen LogP contribution in [0.3, 0.4) is 0 Å². The van der Waals surface area contributed by atoms with Gasteiger partial charge in [-0.3, -0.25) is 4.79 Å². The topological polar surface area (TPSA) is 113 Å². The molecule has 6 nitrogen and oxygen atoms in total. The minimum Gasteiger partial charge on any atom is -0.507 e. The van der Waals surface area contributed by atoms with E-state index >= 15 is 0 Å². The molecule has 0 saturated heterocycles. The monoisotopic (exact) mass is 266 g/mol. The second kappa shape index (κ2) is 7.38. The van der Waals surface area contributed by atoms with E-state index in [-0.39, 0.29) is 11.3 Å². The zero-order chi connectivity index (χ0) is 14.3. The molecule has 1 amide bonds. The van der Waals surface area contributed by atoms with Crippen LogP contribution in [0.4, 0.5) is 0 Å². The fraction of sp³-hybridized carbons (Fsp3) is 0.385. The summed E-state index contributed by atoms with van der Waals surface area (Å²) in [6.07, 6.45) is 1.64. The number of carboxylic acids is 1. The summed E-state index contributed by atoms with van der Waals surface area (Å²) in [5.74, 6) is -1.87. The van der Waals surface area contributed by atoms with Gasteiger partial charge in [-0.2, -0.15) is 0 Å². The lowest BCUT2D eigenvalue weighted by Crippen LogP contribution is -2.40. The lowest BCUT2D eigenvalue weighted by Gasteiger charge is -2.14. The van der Waals surface area contributed by atoms with Gasteiger partial charge in [-0.1, -0.05) is 12.1 Å². The summed E-state index contributed by atoms with van der Waals surface area (Å²) in [7, 11) is 0. The van der Waals surface area contributed by atoms with Crippen molar-refractivity contribution in [2.24, 2.45) is 5.73 Å². The van der Waals surface area contributed by atoms with Crippen molar-refractivity contribution in [2.45, 2.75) is 25.3 Å². The zero-order valence-electron chi connectivity index (χ0n) is 10.5. The van der Waals surface area contributed by atoms with Crippen LogP contribution in [0.15, 0.2) is 24.3 Å². The third kappa shape index (κ3) is 4.59. The molecular formula is C13H18N2O4. The van der Waals surface area contributed by atoms with E-state index in [1.807, 2.05) is 0 Å². The summed E-state index contributed by atoms with van der Waals surface area (Å²) in [5, 5.41) is 20.9. The minimum atomic E-state index is -1.10. The highest BCUT2D eigenvalue weighted by molar-refractivity contribution is 5.98. The molecule has 0 radical (unpaired) electrons. The predicted octanol–water partition coefficient (Wildman–Crippen LogP) is 0.704. The Hall–Kier alpha value is -2.08. The summed E-state index contributed by atoms with van der Waals surface area (Å²) in [5.41, 5.74) is 5.40. The molecule has 0 bridgehead atoms. The Morgan fingerprint density at radius 2 is 1.95 bits per heavy atom. The van der Waals surface area contributed by atoms with Gasteiger partial charge in [0.2, 0.25) is 0 Å². The van der Waals surface area contributed by atoms with E-state index in [1.54, 1.807) is 12.1 Å². The number of phenolic OH excluding ortho intramolecular Hbond substituents is 1. The Bertz CT molecular complexity index is 448. The quantitative estimate of drug-likeness (QED) is 0.543. The lowest BCUT2D eigenvalue weighted by molar-refractivity contribution is -0.139. The van der Waals surface area contributed by atoms with E-state index in [0.717, 1.165) is 0 Å². The van der Waals surface area contributed by atoms with Crippen molar-refractivity contribution in [3.63, 3.8) is 0 Å². The molecule has 0 fully saturated rings. The average Bonchev–Trinajstić information content (AvgIpc) is 2.38. The Morgan fingerprint density at radius 3 is 2.53 bits per heavy atom. The van der Waals surface area contributed by atoms with Crippen molar-refractivity contribution in [1.29, 1.82) is 0 Å². The van der Waals surface area contributed by atoms with Crippen LogP contribution in [-0.4, -0.2) is 34.7 Å². The standard InChI is InChI=1S/C13H18N2O4/c14-8-4-3-6-10(13(18)19)15-12(17)9-5-1-2-7-11(9)16/h1-2,5,7,10,16H,3-4,6,8,14H2,(H,15,17)(H,18,19)/t10-/m1/s1. The average molecular weight is 266 g/mol. The van der Waals surface area contributed by atoms with Crippen LogP contribution in [0.25, 0.3) is 0 Å². The third-order valence-corrected chi connectivity index (χ3v) is 2.70. The smallest absolute Gasteiger partial charge is 0.326 e. The number of hydrogen-bond acceptors (Lipinski definition) is 4. The van der Waals surface area contributed by atoms with Crippen LogP contribution >= 0.6 is 0 Å². The number of benzene rings is 1. The second-order valence-corrected chi connectivity index (χ2v) is 4.17. The molecule has 0 aliphatic carbocycles. The van der Waals surface area contributed by atoms with Crippen LogP contribution in [-0.2, 0) is 4.79 Å². The molecule has 0 spiro atoms. The van der Waals surface area contributed by atoms with Crippen molar-refractivity contribution in [3.8, 4) is 5.75 Å². The van der Waals surface area contributed by atoms with E-state index in [2.05, 4.69) is 5.32 Å². The Labute approximate surface area is 111 Å². The molecule has 104 valence electrons. The van der Waals surface area contributed by atoms with Crippen molar-refractivity contribution in [3.05, 3.63) is 29.8 Å². The van der Waals surface area contributed by atoms with E-state index < -0.39 is 17.9 Å². The number of phenols is 1. The number of para-hydroxylation sites is 1.